The van der Waals surface area contributed by atoms with Gasteiger partial charge < -0.3 is 20.3 Å². The first kappa shape index (κ1) is 15.7. The topological polar surface area (TPSA) is 71.7 Å². The lowest BCUT2D eigenvalue weighted by atomic mass is 10.2. The minimum atomic E-state index is 0.000579. The number of hydrogen-bond acceptors (Lipinski definition) is 5. The third-order valence-corrected chi connectivity index (χ3v) is 3.75. The number of nitrogens with two attached hydrogens (primary N) is 1. The van der Waals surface area contributed by atoms with E-state index in [9.17, 15) is 4.79 Å². The number of nitrogens with zero attached hydrogens (tertiary/aromatic N) is 3. The number of pyridine rings is 1. The molecule has 0 saturated carbocycles. The molecule has 0 radical (unpaired) electrons. The predicted octanol–water partition coefficient (Wildman–Crippen LogP) is 0.587. The molecule has 2 N–H and O–H groups in total. The van der Waals surface area contributed by atoms with Gasteiger partial charge in [0.05, 0.1) is 7.11 Å². The van der Waals surface area contributed by atoms with Crippen LogP contribution >= 0.6 is 0 Å². The van der Waals surface area contributed by atoms with E-state index in [4.69, 9.17) is 10.5 Å². The second-order valence-electron chi connectivity index (χ2n) is 5.19. The average molecular weight is 292 g/mol. The number of aromatic nitrogens is 1. The van der Waals surface area contributed by atoms with Crippen LogP contribution in [0.3, 0.4) is 0 Å². The van der Waals surface area contributed by atoms with Gasteiger partial charge in [-0.05, 0) is 44.6 Å². The number of rotatable bonds is 5. The van der Waals surface area contributed by atoms with E-state index >= 15 is 0 Å². The maximum atomic E-state index is 12.6. The van der Waals surface area contributed by atoms with E-state index in [1.807, 2.05) is 4.90 Å². The summed E-state index contributed by atoms with van der Waals surface area (Å²) in [4.78, 5) is 21.0. The van der Waals surface area contributed by atoms with Crippen molar-refractivity contribution in [2.24, 2.45) is 5.73 Å². The summed E-state index contributed by atoms with van der Waals surface area (Å²) >= 11 is 0. The number of amides is 1. The van der Waals surface area contributed by atoms with Gasteiger partial charge in [0.25, 0.3) is 5.91 Å². The molecule has 2 rings (SSSR count). The van der Waals surface area contributed by atoms with Crippen molar-refractivity contribution < 1.29 is 9.53 Å². The number of hydrogen-bond donors (Lipinski definition) is 1. The molecule has 0 unspecified atom stereocenters. The molecule has 1 aliphatic rings. The molecule has 21 heavy (non-hydrogen) atoms. The molecule has 6 heteroatoms. The first-order chi connectivity index (χ1) is 10.3. The van der Waals surface area contributed by atoms with Crippen LogP contribution in [-0.4, -0.2) is 67.1 Å². The summed E-state index contributed by atoms with van der Waals surface area (Å²) in [6.45, 7) is 5.15. The summed E-state index contributed by atoms with van der Waals surface area (Å²) in [6.07, 6.45) is 3.62. The Balaban J connectivity index is 2.00. The lowest BCUT2D eigenvalue weighted by Gasteiger charge is -2.22. The molecule has 116 valence electrons. The lowest BCUT2D eigenvalue weighted by molar-refractivity contribution is 0.0757. The molecule has 0 spiro atoms. The van der Waals surface area contributed by atoms with Gasteiger partial charge >= 0.3 is 0 Å². The zero-order valence-electron chi connectivity index (χ0n) is 12.6. The van der Waals surface area contributed by atoms with Crippen molar-refractivity contribution in [3.8, 4) is 5.88 Å². The first-order valence-corrected chi connectivity index (χ1v) is 7.47. The van der Waals surface area contributed by atoms with Crippen molar-refractivity contribution >= 4 is 5.91 Å². The zero-order valence-corrected chi connectivity index (χ0v) is 12.6. The van der Waals surface area contributed by atoms with Crippen LogP contribution in [0.5, 0.6) is 5.88 Å². The summed E-state index contributed by atoms with van der Waals surface area (Å²) in [7, 11) is 1.54. The monoisotopic (exact) mass is 292 g/mol. The van der Waals surface area contributed by atoms with E-state index in [1.54, 1.807) is 18.3 Å². The van der Waals surface area contributed by atoms with Crippen molar-refractivity contribution in [1.29, 1.82) is 0 Å². The minimum absolute atomic E-state index is 0.000579. The highest BCUT2D eigenvalue weighted by Gasteiger charge is 2.22. The van der Waals surface area contributed by atoms with Gasteiger partial charge in [-0.15, -0.1) is 0 Å². The molecular formula is C15H24N4O2. The average Bonchev–Trinajstić information content (AvgIpc) is 2.77. The van der Waals surface area contributed by atoms with Gasteiger partial charge in [-0.3, -0.25) is 4.79 Å². The molecule has 0 bridgehead atoms. The number of methoxy groups -OCH3 is 1. The number of carbonyl (C=O) groups is 1. The summed E-state index contributed by atoms with van der Waals surface area (Å²) in [6, 6.07) is 3.53. The fourth-order valence-corrected chi connectivity index (χ4v) is 2.60. The second kappa shape index (κ2) is 7.95. The third-order valence-electron chi connectivity index (χ3n) is 3.75. The molecule has 0 atom stereocenters. The lowest BCUT2D eigenvalue weighted by Crippen LogP contribution is -2.36. The molecule has 1 aliphatic heterocycles. The Kier molecular flexibility index (Phi) is 5.95. The highest BCUT2D eigenvalue weighted by molar-refractivity contribution is 5.96. The van der Waals surface area contributed by atoms with Crippen LogP contribution in [0.25, 0.3) is 0 Å². The van der Waals surface area contributed by atoms with E-state index in [0.29, 0.717) is 18.0 Å². The Morgan fingerprint density at radius 3 is 3.00 bits per heavy atom. The minimum Gasteiger partial charge on any atom is -0.480 e. The van der Waals surface area contributed by atoms with Gasteiger partial charge in [0.15, 0.2) is 0 Å². The maximum Gasteiger partial charge on any atom is 0.259 e. The maximum absolute atomic E-state index is 12.6. The Hall–Kier alpha value is -1.66. The predicted molar refractivity (Wildman–Crippen MR) is 81.4 cm³/mol. The smallest absolute Gasteiger partial charge is 0.259 e. The Morgan fingerprint density at radius 2 is 2.24 bits per heavy atom. The fraction of sp³-hybridized carbons (Fsp3) is 0.600. The quantitative estimate of drug-likeness (QED) is 0.860. The molecular weight excluding hydrogens is 268 g/mol. The molecule has 2 heterocycles. The van der Waals surface area contributed by atoms with Crippen molar-refractivity contribution in [3.05, 3.63) is 23.9 Å². The normalized spacial score (nSPS) is 16.6. The summed E-state index contributed by atoms with van der Waals surface area (Å²) < 4.78 is 5.18. The van der Waals surface area contributed by atoms with Crippen LogP contribution in [-0.2, 0) is 0 Å². The van der Waals surface area contributed by atoms with Crippen LogP contribution in [0.4, 0.5) is 0 Å². The Morgan fingerprint density at radius 1 is 1.38 bits per heavy atom. The Labute approximate surface area is 125 Å². The van der Waals surface area contributed by atoms with Crippen LogP contribution in [0.1, 0.15) is 23.2 Å². The molecule has 1 aromatic heterocycles. The van der Waals surface area contributed by atoms with Gasteiger partial charge in [-0.1, -0.05) is 0 Å². The standard InChI is InChI=1S/C15H24N4O2/c1-21-14-13(5-2-7-17-14)15(20)19-10-4-9-18(11-12-19)8-3-6-16/h2,5,7H,3-4,6,8-12,16H2,1H3. The number of ether oxygens (including phenoxy) is 1. The van der Waals surface area contributed by atoms with Gasteiger partial charge in [0.1, 0.15) is 5.56 Å². The van der Waals surface area contributed by atoms with Gasteiger partial charge in [0, 0.05) is 25.8 Å². The SMILES string of the molecule is COc1ncccc1C(=O)N1CCCN(CCCN)CC1. The van der Waals surface area contributed by atoms with Crippen LogP contribution < -0.4 is 10.5 Å². The zero-order chi connectivity index (χ0) is 15.1. The summed E-state index contributed by atoms with van der Waals surface area (Å²) in [5, 5.41) is 0. The summed E-state index contributed by atoms with van der Waals surface area (Å²) in [5.74, 6) is 0.396. The molecule has 1 saturated heterocycles. The van der Waals surface area contributed by atoms with E-state index < -0.39 is 0 Å². The largest absolute Gasteiger partial charge is 0.480 e. The van der Waals surface area contributed by atoms with E-state index in [2.05, 4.69) is 9.88 Å². The number of carbonyl (C=O) groups excluding carboxylic acids is 1. The van der Waals surface area contributed by atoms with E-state index in [1.165, 1.54) is 7.11 Å². The van der Waals surface area contributed by atoms with E-state index in [0.717, 1.165) is 45.6 Å². The highest BCUT2D eigenvalue weighted by Crippen LogP contribution is 2.17. The highest BCUT2D eigenvalue weighted by atomic mass is 16.5. The van der Waals surface area contributed by atoms with Crippen LogP contribution in [0.15, 0.2) is 18.3 Å². The molecule has 1 fully saturated rings. The first-order valence-electron chi connectivity index (χ1n) is 7.47. The van der Waals surface area contributed by atoms with Crippen molar-refractivity contribution in [1.82, 2.24) is 14.8 Å². The van der Waals surface area contributed by atoms with Crippen LogP contribution in [0.2, 0.25) is 0 Å². The van der Waals surface area contributed by atoms with E-state index in [-0.39, 0.29) is 5.91 Å². The third kappa shape index (κ3) is 4.15. The van der Waals surface area contributed by atoms with Crippen LogP contribution in [0, 0.1) is 0 Å². The molecule has 0 aromatic carbocycles. The van der Waals surface area contributed by atoms with Crippen molar-refractivity contribution in [2.45, 2.75) is 12.8 Å². The fourth-order valence-electron chi connectivity index (χ4n) is 2.60. The van der Waals surface area contributed by atoms with Gasteiger partial charge in [-0.2, -0.15) is 0 Å². The van der Waals surface area contributed by atoms with Gasteiger partial charge in [0.2, 0.25) is 5.88 Å². The molecule has 1 amide bonds. The molecule has 1 aromatic rings. The van der Waals surface area contributed by atoms with Gasteiger partial charge in [-0.25, -0.2) is 4.98 Å². The summed E-state index contributed by atoms with van der Waals surface area (Å²) in [5.41, 5.74) is 6.09. The Bertz CT molecular complexity index is 467. The van der Waals surface area contributed by atoms with Crippen molar-refractivity contribution in [3.63, 3.8) is 0 Å². The molecule has 6 nitrogen and oxygen atoms in total. The van der Waals surface area contributed by atoms with Crippen molar-refractivity contribution in [2.75, 3.05) is 46.4 Å². The molecule has 0 aliphatic carbocycles. The second-order valence-corrected chi connectivity index (χ2v) is 5.19.